The van der Waals surface area contributed by atoms with Crippen LogP contribution in [0.5, 0.6) is 0 Å². The summed E-state index contributed by atoms with van der Waals surface area (Å²) in [6.07, 6.45) is 1.50. The molecule has 7 nitrogen and oxygen atoms in total. The summed E-state index contributed by atoms with van der Waals surface area (Å²) < 4.78 is 23.8. The number of sulfone groups is 1. The fourth-order valence-electron chi connectivity index (χ4n) is 2.86. The topological polar surface area (TPSA) is 110 Å². The Labute approximate surface area is 148 Å². The van der Waals surface area contributed by atoms with Gasteiger partial charge >= 0.3 is 0 Å². The van der Waals surface area contributed by atoms with E-state index in [0.717, 1.165) is 25.1 Å². The zero-order valence-corrected chi connectivity index (χ0v) is 15.0. The molecule has 1 aromatic carbocycles. The molecule has 1 atom stereocenters. The van der Waals surface area contributed by atoms with Crippen LogP contribution >= 0.6 is 0 Å². The second kappa shape index (κ2) is 8.96. The van der Waals surface area contributed by atoms with Crippen LogP contribution in [0.25, 0.3) is 0 Å². The number of rotatable bonds is 8. The summed E-state index contributed by atoms with van der Waals surface area (Å²) >= 11 is 0. The van der Waals surface area contributed by atoms with E-state index < -0.39 is 15.7 Å². The predicted octanol–water partition coefficient (Wildman–Crippen LogP) is 0.627. The molecule has 2 amide bonds. The van der Waals surface area contributed by atoms with Gasteiger partial charge in [0.1, 0.15) is 0 Å². The number of nitrogens with one attached hydrogen (secondary N) is 1. The van der Waals surface area contributed by atoms with Gasteiger partial charge in [0.15, 0.2) is 9.84 Å². The highest BCUT2D eigenvalue weighted by Crippen LogP contribution is 2.19. The monoisotopic (exact) mass is 367 g/mol. The van der Waals surface area contributed by atoms with E-state index in [0.29, 0.717) is 13.1 Å². The third-order valence-electron chi connectivity index (χ3n) is 4.30. The average molecular weight is 367 g/mol. The second-order valence-electron chi connectivity index (χ2n) is 6.36. The van der Waals surface area contributed by atoms with Gasteiger partial charge in [-0.25, -0.2) is 8.42 Å². The Morgan fingerprint density at radius 3 is 2.60 bits per heavy atom. The summed E-state index contributed by atoms with van der Waals surface area (Å²) in [7, 11) is -3.31. The highest BCUT2D eigenvalue weighted by Gasteiger charge is 2.26. The summed E-state index contributed by atoms with van der Waals surface area (Å²) in [5.74, 6) is -1.03. The Hall–Kier alpha value is -1.93. The first-order valence-corrected chi connectivity index (χ1v) is 10.2. The molecule has 0 aromatic heterocycles. The van der Waals surface area contributed by atoms with Crippen LogP contribution in [0, 0.1) is 5.92 Å². The first kappa shape index (κ1) is 19.4. The Morgan fingerprint density at radius 2 is 1.92 bits per heavy atom. The van der Waals surface area contributed by atoms with E-state index in [4.69, 9.17) is 5.73 Å². The molecule has 1 aliphatic heterocycles. The second-order valence-corrected chi connectivity index (χ2v) is 8.67. The number of hydrogen-bond acceptors (Lipinski definition) is 5. The first-order valence-electron chi connectivity index (χ1n) is 8.43. The van der Waals surface area contributed by atoms with Crippen molar-refractivity contribution < 1.29 is 18.0 Å². The number of benzene rings is 1. The minimum absolute atomic E-state index is 0.0205. The minimum atomic E-state index is -3.31. The summed E-state index contributed by atoms with van der Waals surface area (Å²) in [5.41, 5.74) is 5.76. The molecule has 138 valence electrons. The maximum Gasteiger partial charge on any atom is 0.228 e. The van der Waals surface area contributed by atoms with Crippen LogP contribution in [0.2, 0.25) is 0 Å². The lowest BCUT2D eigenvalue weighted by atomic mass is 9.97. The number of hydrogen-bond donors (Lipinski definition) is 2. The van der Waals surface area contributed by atoms with Gasteiger partial charge in [-0.15, -0.1) is 0 Å². The van der Waals surface area contributed by atoms with Gasteiger partial charge in [0, 0.05) is 25.2 Å². The Kier molecular flexibility index (Phi) is 6.95. The molecule has 3 N–H and O–H groups in total. The zero-order chi connectivity index (χ0) is 18.3. The summed E-state index contributed by atoms with van der Waals surface area (Å²) in [6.45, 7) is 1.70. The zero-order valence-electron chi connectivity index (χ0n) is 14.2. The summed E-state index contributed by atoms with van der Waals surface area (Å²) in [5, 5.41) is 2.90. The number of piperidine rings is 1. The number of anilines is 1. The number of nitrogens with two attached hydrogens (primary N) is 1. The summed E-state index contributed by atoms with van der Waals surface area (Å²) in [6, 6.07) is 9.28. The maximum absolute atomic E-state index is 12.4. The number of carbonyl (C=O) groups excluding carboxylic acids is 2. The van der Waals surface area contributed by atoms with Crippen LogP contribution in [0.4, 0.5) is 5.69 Å². The molecule has 1 aromatic rings. The van der Waals surface area contributed by atoms with Crippen molar-refractivity contribution in [3.05, 3.63) is 30.3 Å². The van der Waals surface area contributed by atoms with Crippen molar-refractivity contribution in [3.8, 4) is 0 Å². The molecule has 0 bridgehead atoms. The van der Waals surface area contributed by atoms with Gasteiger partial charge in [0.05, 0.1) is 17.4 Å². The maximum atomic E-state index is 12.4. The van der Waals surface area contributed by atoms with E-state index in [1.54, 1.807) is 0 Å². The molecular weight excluding hydrogens is 342 g/mol. The van der Waals surface area contributed by atoms with E-state index in [1.807, 2.05) is 35.2 Å². The average Bonchev–Trinajstić information content (AvgIpc) is 2.60. The van der Waals surface area contributed by atoms with E-state index in [2.05, 4.69) is 5.32 Å². The molecule has 2 rings (SSSR count). The summed E-state index contributed by atoms with van der Waals surface area (Å²) in [4.78, 5) is 25.1. The normalized spacial score (nSPS) is 18.6. The van der Waals surface area contributed by atoms with Crippen LogP contribution in [0.15, 0.2) is 30.3 Å². The molecule has 0 aliphatic carbocycles. The lowest BCUT2D eigenvalue weighted by Gasteiger charge is -2.31. The van der Waals surface area contributed by atoms with Crippen LogP contribution < -0.4 is 11.1 Å². The molecule has 1 fully saturated rings. The van der Waals surface area contributed by atoms with Gasteiger partial charge in [0.25, 0.3) is 0 Å². The molecule has 1 aliphatic rings. The molecule has 1 heterocycles. The van der Waals surface area contributed by atoms with Crippen molar-refractivity contribution in [3.63, 3.8) is 0 Å². The minimum Gasteiger partial charge on any atom is -0.370 e. The number of carbonyl (C=O) groups is 2. The van der Waals surface area contributed by atoms with Crippen LogP contribution in [0.3, 0.4) is 0 Å². The standard InChI is InChI=1S/C17H25N3O4S/c18-16(21)8-11-25(23,24)12-10-20-9-4-5-14(13-20)17(22)19-15-6-2-1-3-7-15/h1-3,6-7,14H,4-5,8-13H2,(H2,18,21)(H,19,22)/t14-/m0/s1. The highest BCUT2D eigenvalue weighted by atomic mass is 32.2. The Bertz CT molecular complexity index is 691. The van der Waals surface area contributed by atoms with Crippen LogP contribution in [0.1, 0.15) is 19.3 Å². The van der Waals surface area contributed by atoms with E-state index in [9.17, 15) is 18.0 Å². The Morgan fingerprint density at radius 1 is 1.20 bits per heavy atom. The highest BCUT2D eigenvalue weighted by molar-refractivity contribution is 7.91. The van der Waals surface area contributed by atoms with Crippen LogP contribution in [-0.4, -0.2) is 56.3 Å². The first-order chi connectivity index (χ1) is 11.9. The number of amides is 2. The van der Waals surface area contributed by atoms with E-state index >= 15 is 0 Å². The predicted molar refractivity (Wildman–Crippen MR) is 96.7 cm³/mol. The van der Waals surface area contributed by atoms with Crippen molar-refractivity contribution >= 4 is 27.3 Å². The lowest BCUT2D eigenvalue weighted by molar-refractivity contribution is -0.121. The van der Waals surface area contributed by atoms with E-state index in [1.165, 1.54) is 0 Å². The molecule has 8 heteroatoms. The smallest absolute Gasteiger partial charge is 0.228 e. The van der Waals surface area contributed by atoms with Crippen LogP contribution in [-0.2, 0) is 19.4 Å². The largest absolute Gasteiger partial charge is 0.370 e. The molecule has 0 saturated carbocycles. The third-order valence-corrected chi connectivity index (χ3v) is 5.93. The fourth-order valence-corrected chi connectivity index (χ4v) is 4.12. The van der Waals surface area contributed by atoms with Crippen molar-refractivity contribution in [2.75, 3.05) is 36.5 Å². The van der Waals surface area contributed by atoms with Gasteiger partial charge in [0.2, 0.25) is 11.8 Å². The molecule has 0 radical (unpaired) electrons. The van der Waals surface area contributed by atoms with Gasteiger partial charge < -0.3 is 16.0 Å². The number of likely N-dealkylation sites (tertiary alicyclic amines) is 1. The number of para-hydroxylation sites is 1. The lowest BCUT2D eigenvalue weighted by Crippen LogP contribution is -2.42. The molecule has 25 heavy (non-hydrogen) atoms. The molecule has 0 spiro atoms. The Balaban J connectivity index is 1.82. The van der Waals surface area contributed by atoms with Gasteiger partial charge in [-0.05, 0) is 31.5 Å². The van der Waals surface area contributed by atoms with Crippen molar-refractivity contribution in [2.24, 2.45) is 11.7 Å². The molecule has 1 saturated heterocycles. The SMILES string of the molecule is NC(=O)CCS(=O)(=O)CCN1CCC[C@H](C(=O)Nc2ccccc2)C1. The van der Waals surface area contributed by atoms with E-state index in [-0.39, 0.29) is 29.8 Å². The number of primary amides is 1. The quantitative estimate of drug-likeness (QED) is 0.700. The molecule has 0 unspecified atom stereocenters. The van der Waals surface area contributed by atoms with Crippen molar-refractivity contribution in [1.82, 2.24) is 4.90 Å². The molecular formula is C17H25N3O4S. The van der Waals surface area contributed by atoms with Gasteiger partial charge in [-0.3, -0.25) is 9.59 Å². The number of nitrogens with zero attached hydrogens (tertiary/aromatic N) is 1. The van der Waals surface area contributed by atoms with Gasteiger partial charge in [-0.2, -0.15) is 0 Å². The third kappa shape index (κ3) is 6.83. The van der Waals surface area contributed by atoms with Crippen molar-refractivity contribution in [1.29, 1.82) is 0 Å². The van der Waals surface area contributed by atoms with Crippen molar-refractivity contribution in [2.45, 2.75) is 19.3 Å². The fraction of sp³-hybridized carbons (Fsp3) is 0.529. The van der Waals surface area contributed by atoms with Gasteiger partial charge in [-0.1, -0.05) is 18.2 Å².